The number of amides is 1. The molecule has 1 saturated heterocycles. The minimum absolute atomic E-state index is 0.114. The fraction of sp³-hybridized carbons (Fsp3) is 0.917. The van der Waals surface area contributed by atoms with Crippen molar-refractivity contribution in [1.82, 2.24) is 10.2 Å². The van der Waals surface area contributed by atoms with E-state index in [0.29, 0.717) is 0 Å². The Labute approximate surface area is 98.3 Å². The van der Waals surface area contributed by atoms with E-state index >= 15 is 0 Å². The highest BCUT2D eigenvalue weighted by atomic mass is 16.5. The largest absolute Gasteiger partial charge is 0.363 e. The van der Waals surface area contributed by atoms with Gasteiger partial charge in [0.25, 0.3) is 5.91 Å². The smallest absolute Gasteiger partial charge is 0.251 e. The Morgan fingerprint density at radius 2 is 2.00 bits per heavy atom. The number of piperazine rings is 1. The number of nitrogens with one attached hydrogen (secondary N) is 1. The second-order valence-electron chi connectivity index (χ2n) is 4.95. The van der Waals surface area contributed by atoms with Crippen LogP contribution in [0.3, 0.4) is 0 Å². The Morgan fingerprint density at radius 3 is 2.50 bits per heavy atom. The predicted molar refractivity (Wildman–Crippen MR) is 64.4 cm³/mol. The zero-order chi connectivity index (χ0) is 12.2. The van der Waals surface area contributed by atoms with Crippen molar-refractivity contribution >= 4 is 5.91 Å². The van der Waals surface area contributed by atoms with Gasteiger partial charge in [0.1, 0.15) is 6.10 Å². The summed E-state index contributed by atoms with van der Waals surface area (Å²) in [6.07, 6.45) is 0.569. The highest BCUT2D eigenvalue weighted by molar-refractivity contribution is 5.80. The minimum Gasteiger partial charge on any atom is -0.363 e. The first kappa shape index (κ1) is 13.5. The average molecular weight is 228 g/mol. The summed E-state index contributed by atoms with van der Waals surface area (Å²) < 4.78 is 5.79. The fourth-order valence-corrected chi connectivity index (χ4v) is 1.75. The highest BCUT2D eigenvalue weighted by Gasteiger charge is 2.27. The van der Waals surface area contributed by atoms with Crippen LogP contribution in [-0.2, 0) is 9.53 Å². The van der Waals surface area contributed by atoms with Gasteiger partial charge in [0, 0.05) is 26.2 Å². The van der Waals surface area contributed by atoms with E-state index in [2.05, 4.69) is 12.2 Å². The van der Waals surface area contributed by atoms with E-state index in [1.807, 2.05) is 25.7 Å². The van der Waals surface area contributed by atoms with Crippen LogP contribution in [0.15, 0.2) is 0 Å². The molecule has 1 rings (SSSR count). The third-order valence-electron chi connectivity index (χ3n) is 3.12. The van der Waals surface area contributed by atoms with E-state index in [1.165, 1.54) is 0 Å². The van der Waals surface area contributed by atoms with E-state index in [1.54, 1.807) is 0 Å². The van der Waals surface area contributed by atoms with Crippen molar-refractivity contribution in [1.29, 1.82) is 0 Å². The van der Waals surface area contributed by atoms with Gasteiger partial charge in [-0.15, -0.1) is 0 Å². The number of ether oxygens (including phenoxy) is 1. The topological polar surface area (TPSA) is 41.6 Å². The van der Waals surface area contributed by atoms with Crippen LogP contribution in [-0.4, -0.2) is 48.7 Å². The Balaban J connectivity index is 2.46. The maximum absolute atomic E-state index is 12.1. The second-order valence-corrected chi connectivity index (χ2v) is 4.95. The standard InChI is InChI=1S/C12H24N2O2/c1-5-12(3,4)16-10(2)11(15)14-8-6-13-7-9-14/h10,13H,5-9H2,1-4H3. The molecule has 1 N–H and O–H groups in total. The first-order chi connectivity index (χ1) is 7.46. The van der Waals surface area contributed by atoms with Gasteiger partial charge in [0.05, 0.1) is 5.60 Å². The molecule has 1 aliphatic rings. The molecule has 0 radical (unpaired) electrons. The number of hydrogen-bond acceptors (Lipinski definition) is 3. The summed E-state index contributed by atoms with van der Waals surface area (Å²) in [4.78, 5) is 13.9. The van der Waals surface area contributed by atoms with Gasteiger partial charge in [-0.2, -0.15) is 0 Å². The van der Waals surface area contributed by atoms with Crippen LogP contribution >= 0.6 is 0 Å². The zero-order valence-electron chi connectivity index (χ0n) is 10.9. The molecule has 0 aromatic carbocycles. The Morgan fingerprint density at radius 1 is 1.44 bits per heavy atom. The molecule has 1 fully saturated rings. The first-order valence-electron chi connectivity index (χ1n) is 6.13. The van der Waals surface area contributed by atoms with E-state index in [9.17, 15) is 4.79 Å². The first-order valence-corrected chi connectivity index (χ1v) is 6.13. The molecule has 1 heterocycles. The van der Waals surface area contributed by atoms with E-state index < -0.39 is 0 Å². The molecular weight excluding hydrogens is 204 g/mol. The van der Waals surface area contributed by atoms with Crippen molar-refractivity contribution in [3.63, 3.8) is 0 Å². The van der Waals surface area contributed by atoms with Crippen LogP contribution in [0.2, 0.25) is 0 Å². The molecule has 4 heteroatoms. The van der Waals surface area contributed by atoms with Gasteiger partial charge < -0.3 is 15.0 Å². The molecule has 1 atom stereocenters. The van der Waals surface area contributed by atoms with Gasteiger partial charge in [0.15, 0.2) is 0 Å². The number of hydrogen-bond donors (Lipinski definition) is 1. The molecule has 0 bridgehead atoms. The lowest BCUT2D eigenvalue weighted by atomic mass is 10.1. The zero-order valence-corrected chi connectivity index (χ0v) is 10.9. The maximum atomic E-state index is 12.1. The van der Waals surface area contributed by atoms with Crippen LogP contribution in [0.25, 0.3) is 0 Å². The van der Waals surface area contributed by atoms with Crippen molar-refractivity contribution in [2.24, 2.45) is 0 Å². The molecule has 1 unspecified atom stereocenters. The Hall–Kier alpha value is -0.610. The van der Waals surface area contributed by atoms with Gasteiger partial charge in [-0.25, -0.2) is 0 Å². The lowest BCUT2D eigenvalue weighted by Crippen LogP contribution is -2.50. The van der Waals surface area contributed by atoms with Crippen LogP contribution in [0.5, 0.6) is 0 Å². The number of nitrogens with zero attached hydrogens (tertiary/aromatic N) is 1. The molecular formula is C12H24N2O2. The monoisotopic (exact) mass is 228 g/mol. The normalized spacial score (nSPS) is 19.6. The van der Waals surface area contributed by atoms with Gasteiger partial charge in [-0.1, -0.05) is 6.92 Å². The summed E-state index contributed by atoms with van der Waals surface area (Å²) in [5, 5.41) is 3.23. The van der Waals surface area contributed by atoms with Crippen molar-refractivity contribution in [3.05, 3.63) is 0 Å². The van der Waals surface area contributed by atoms with Crippen molar-refractivity contribution < 1.29 is 9.53 Å². The summed E-state index contributed by atoms with van der Waals surface area (Å²) in [6.45, 7) is 11.3. The number of rotatable bonds is 4. The molecule has 1 amide bonds. The third-order valence-corrected chi connectivity index (χ3v) is 3.12. The molecule has 0 aromatic rings. The Kier molecular flexibility index (Phi) is 4.74. The van der Waals surface area contributed by atoms with Gasteiger partial charge in [0.2, 0.25) is 0 Å². The second kappa shape index (κ2) is 5.64. The van der Waals surface area contributed by atoms with Crippen molar-refractivity contribution in [2.75, 3.05) is 26.2 Å². The quantitative estimate of drug-likeness (QED) is 0.781. The molecule has 4 nitrogen and oxygen atoms in total. The van der Waals surface area contributed by atoms with Crippen LogP contribution in [0.1, 0.15) is 34.1 Å². The molecule has 0 aromatic heterocycles. The predicted octanol–water partition coefficient (Wildman–Crippen LogP) is 1.01. The van der Waals surface area contributed by atoms with Gasteiger partial charge in [-0.05, 0) is 27.2 Å². The molecule has 0 spiro atoms. The third kappa shape index (κ3) is 3.76. The molecule has 94 valence electrons. The molecule has 0 aliphatic carbocycles. The summed E-state index contributed by atoms with van der Waals surface area (Å²) in [6, 6.07) is 0. The van der Waals surface area contributed by atoms with Crippen molar-refractivity contribution in [3.8, 4) is 0 Å². The summed E-state index contributed by atoms with van der Waals surface area (Å²) >= 11 is 0. The minimum atomic E-state index is -0.340. The van der Waals surface area contributed by atoms with E-state index in [0.717, 1.165) is 32.6 Å². The van der Waals surface area contributed by atoms with E-state index in [-0.39, 0.29) is 17.6 Å². The summed E-state index contributed by atoms with van der Waals surface area (Å²) in [5.41, 5.74) is -0.219. The van der Waals surface area contributed by atoms with Crippen LogP contribution in [0.4, 0.5) is 0 Å². The van der Waals surface area contributed by atoms with Gasteiger partial charge >= 0.3 is 0 Å². The molecule has 0 saturated carbocycles. The lowest BCUT2D eigenvalue weighted by Gasteiger charge is -2.33. The number of carbonyl (C=O) groups is 1. The van der Waals surface area contributed by atoms with Crippen molar-refractivity contribution in [2.45, 2.75) is 45.8 Å². The summed E-state index contributed by atoms with van der Waals surface area (Å²) in [5.74, 6) is 0.114. The highest BCUT2D eigenvalue weighted by Crippen LogP contribution is 2.17. The van der Waals surface area contributed by atoms with E-state index in [4.69, 9.17) is 4.74 Å². The maximum Gasteiger partial charge on any atom is 0.251 e. The fourth-order valence-electron chi connectivity index (χ4n) is 1.75. The number of carbonyl (C=O) groups excluding carboxylic acids is 1. The van der Waals surface area contributed by atoms with Crippen LogP contribution in [0, 0.1) is 0 Å². The Bertz CT molecular complexity index is 235. The average Bonchev–Trinajstić information content (AvgIpc) is 2.28. The van der Waals surface area contributed by atoms with Crippen LogP contribution < -0.4 is 5.32 Å². The SMILES string of the molecule is CCC(C)(C)OC(C)C(=O)N1CCNCC1. The molecule has 16 heavy (non-hydrogen) atoms. The summed E-state index contributed by atoms with van der Waals surface area (Å²) in [7, 11) is 0. The van der Waals surface area contributed by atoms with Gasteiger partial charge in [-0.3, -0.25) is 4.79 Å². The molecule has 1 aliphatic heterocycles. The lowest BCUT2D eigenvalue weighted by molar-refractivity contribution is -0.153.